The zero-order chi connectivity index (χ0) is 22.3. The van der Waals surface area contributed by atoms with E-state index in [0.717, 1.165) is 35.5 Å². The van der Waals surface area contributed by atoms with Gasteiger partial charge in [-0.25, -0.2) is 4.79 Å². The van der Waals surface area contributed by atoms with Gasteiger partial charge in [-0.05, 0) is 62.4 Å². The first-order valence-electron chi connectivity index (χ1n) is 10.0. The van der Waals surface area contributed by atoms with E-state index in [4.69, 9.17) is 4.74 Å². The monoisotopic (exact) mass is 407 g/mol. The predicted octanol–water partition coefficient (Wildman–Crippen LogP) is 4.55. The third kappa shape index (κ3) is 6.08. The molecule has 1 aromatic heterocycles. The van der Waals surface area contributed by atoms with Crippen LogP contribution in [0.25, 0.3) is 6.08 Å². The number of hydrogen-bond donors (Lipinski definition) is 1. The van der Waals surface area contributed by atoms with Crippen LogP contribution in [0, 0.1) is 38.0 Å². The average Bonchev–Trinajstić information content (AvgIpc) is 2.97. The molecule has 1 aromatic carbocycles. The molecule has 0 aliphatic heterocycles. The summed E-state index contributed by atoms with van der Waals surface area (Å²) in [5, 5.41) is 12.1. The molecule has 6 nitrogen and oxygen atoms in total. The van der Waals surface area contributed by atoms with Gasteiger partial charge in [0.1, 0.15) is 11.6 Å². The van der Waals surface area contributed by atoms with Gasteiger partial charge < -0.3 is 14.6 Å². The minimum atomic E-state index is -0.815. The van der Waals surface area contributed by atoms with Crippen LogP contribution in [0.4, 0.5) is 5.69 Å². The van der Waals surface area contributed by atoms with Crippen molar-refractivity contribution in [3.63, 3.8) is 0 Å². The summed E-state index contributed by atoms with van der Waals surface area (Å²) in [6, 6.07) is 11.2. The van der Waals surface area contributed by atoms with Crippen LogP contribution < -0.4 is 5.32 Å². The SMILES string of the molecule is Cc1ccccc1NC(=O)COC(=O)/C(C#N)=C/c1cc(C)n(CCC(C)C)c1C. The number of rotatable bonds is 8. The van der Waals surface area contributed by atoms with E-state index in [1.165, 1.54) is 6.08 Å². The molecule has 30 heavy (non-hydrogen) atoms. The zero-order valence-electron chi connectivity index (χ0n) is 18.3. The Balaban J connectivity index is 2.05. The minimum Gasteiger partial charge on any atom is -0.451 e. The fraction of sp³-hybridized carbons (Fsp3) is 0.375. The Labute approximate surface area is 178 Å². The van der Waals surface area contributed by atoms with Crippen molar-refractivity contribution < 1.29 is 14.3 Å². The van der Waals surface area contributed by atoms with E-state index in [2.05, 4.69) is 23.7 Å². The number of aromatic nitrogens is 1. The molecule has 0 atom stereocenters. The summed E-state index contributed by atoms with van der Waals surface area (Å²) in [6.45, 7) is 10.6. The van der Waals surface area contributed by atoms with E-state index in [1.54, 1.807) is 6.07 Å². The van der Waals surface area contributed by atoms with Crippen molar-refractivity contribution in [1.29, 1.82) is 5.26 Å². The molecular formula is C24H29N3O3. The van der Waals surface area contributed by atoms with Crippen LogP contribution >= 0.6 is 0 Å². The number of esters is 1. The predicted molar refractivity (Wildman–Crippen MR) is 118 cm³/mol. The normalized spacial score (nSPS) is 11.3. The molecule has 0 saturated carbocycles. The lowest BCUT2D eigenvalue weighted by Crippen LogP contribution is -2.21. The van der Waals surface area contributed by atoms with Gasteiger partial charge >= 0.3 is 5.97 Å². The molecule has 1 N–H and O–H groups in total. The number of carbonyl (C=O) groups excluding carboxylic acids is 2. The molecule has 0 bridgehead atoms. The van der Waals surface area contributed by atoms with Crippen LogP contribution in [0.3, 0.4) is 0 Å². The van der Waals surface area contributed by atoms with Crippen molar-refractivity contribution in [3.8, 4) is 6.07 Å². The highest BCUT2D eigenvalue weighted by molar-refractivity contribution is 6.00. The number of anilines is 1. The third-order valence-corrected chi connectivity index (χ3v) is 4.94. The lowest BCUT2D eigenvalue weighted by Gasteiger charge is -2.11. The van der Waals surface area contributed by atoms with Crippen molar-refractivity contribution in [1.82, 2.24) is 4.57 Å². The Hall–Kier alpha value is -3.33. The van der Waals surface area contributed by atoms with Gasteiger partial charge in [-0.1, -0.05) is 32.0 Å². The van der Waals surface area contributed by atoms with Crippen LogP contribution in [-0.4, -0.2) is 23.1 Å². The van der Waals surface area contributed by atoms with Crippen LogP contribution in [0.2, 0.25) is 0 Å². The summed E-state index contributed by atoms with van der Waals surface area (Å²) in [6.07, 6.45) is 2.57. The first-order valence-corrected chi connectivity index (χ1v) is 10.0. The highest BCUT2D eigenvalue weighted by atomic mass is 16.5. The Morgan fingerprint density at radius 1 is 1.23 bits per heavy atom. The summed E-state index contributed by atoms with van der Waals surface area (Å²) in [4.78, 5) is 24.4. The third-order valence-electron chi connectivity index (χ3n) is 4.94. The average molecular weight is 408 g/mol. The molecule has 1 amide bonds. The fourth-order valence-electron chi connectivity index (χ4n) is 3.11. The maximum Gasteiger partial charge on any atom is 0.349 e. The number of nitriles is 1. The second-order valence-electron chi connectivity index (χ2n) is 7.77. The number of carbonyl (C=O) groups is 2. The molecule has 0 spiro atoms. The van der Waals surface area contributed by atoms with Gasteiger partial charge in [0, 0.05) is 23.6 Å². The number of benzene rings is 1. The van der Waals surface area contributed by atoms with Gasteiger partial charge in [-0.15, -0.1) is 0 Å². The molecule has 6 heteroatoms. The van der Waals surface area contributed by atoms with Gasteiger partial charge in [0.05, 0.1) is 0 Å². The van der Waals surface area contributed by atoms with Crippen LogP contribution in [0.1, 0.15) is 42.8 Å². The summed E-state index contributed by atoms with van der Waals surface area (Å²) in [5.41, 5.74) is 4.29. The van der Waals surface area contributed by atoms with E-state index in [9.17, 15) is 14.9 Å². The number of nitrogens with one attached hydrogen (secondary N) is 1. The van der Waals surface area contributed by atoms with E-state index in [-0.39, 0.29) is 5.57 Å². The van der Waals surface area contributed by atoms with Gasteiger partial charge in [-0.2, -0.15) is 5.26 Å². The van der Waals surface area contributed by atoms with Gasteiger partial charge in [0.2, 0.25) is 0 Å². The van der Waals surface area contributed by atoms with E-state index >= 15 is 0 Å². The van der Waals surface area contributed by atoms with Crippen molar-refractivity contribution in [2.45, 2.75) is 47.6 Å². The van der Waals surface area contributed by atoms with Crippen molar-refractivity contribution in [2.24, 2.45) is 5.92 Å². The number of ether oxygens (including phenoxy) is 1. The molecule has 0 radical (unpaired) electrons. The first-order chi connectivity index (χ1) is 14.2. The Bertz CT molecular complexity index is 994. The number of amides is 1. The van der Waals surface area contributed by atoms with Crippen molar-refractivity contribution in [3.05, 3.63) is 58.4 Å². The summed E-state index contributed by atoms with van der Waals surface area (Å²) >= 11 is 0. The second-order valence-corrected chi connectivity index (χ2v) is 7.77. The highest BCUT2D eigenvalue weighted by Crippen LogP contribution is 2.20. The van der Waals surface area contributed by atoms with E-state index in [1.807, 2.05) is 51.1 Å². The minimum absolute atomic E-state index is 0.136. The molecule has 2 aromatic rings. The Morgan fingerprint density at radius 3 is 2.57 bits per heavy atom. The molecule has 2 rings (SSSR count). The molecule has 0 fully saturated rings. The lowest BCUT2D eigenvalue weighted by atomic mass is 10.1. The lowest BCUT2D eigenvalue weighted by molar-refractivity contribution is -0.142. The zero-order valence-corrected chi connectivity index (χ0v) is 18.3. The quantitative estimate of drug-likeness (QED) is 0.395. The van der Waals surface area contributed by atoms with Gasteiger partial charge in [-0.3, -0.25) is 4.79 Å². The van der Waals surface area contributed by atoms with E-state index < -0.39 is 18.5 Å². The molecule has 0 unspecified atom stereocenters. The standard InChI is InChI=1S/C24H29N3O3/c1-16(2)10-11-27-18(4)12-20(19(27)5)13-21(14-25)24(29)30-15-23(28)26-22-9-7-6-8-17(22)3/h6-9,12-13,16H,10-11,15H2,1-5H3,(H,26,28)/b21-13+. The molecule has 0 saturated heterocycles. The number of nitrogens with zero attached hydrogens (tertiary/aromatic N) is 2. The van der Waals surface area contributed by atoms with E-state index in [0.29, 0.717) is 11.6 Å². The van der Waals surface area contributed by atoms with Crippen molar-refractivity contribution in [2.75, 3.05) is 11.9 Å². The fourth-order valence-corrected chi connectivity index (χ4v) is 3.11. The molecule has 0 aliphatic carbocycles. The van der Waals surface area contributed by atoms with Crippen molar-refractivity contribution >= 4 is 23.6 Å². The van der Waals surface area contributed by atoms with Crippen LogP contribution in [0.5, 0.6) is 0 Å². The number of para-hydroxylation sites is 1. The second kappa shape index (κ2) is 10.4. The Kier molecular flexibility index (Phi) is 7.99. The molecular weight excluding hydrogens is 378 g/mol. The molecule has 158 valence electrons. The largest absolute Gasteiger partial charge is 0.451 e. The maximum atomic E-state index is 12.3. The molecule has 1 heterocycles. The Morgan fingerprint density at radius 2 is 1.93 bits per heavy atom. The first kappa shape index (κ1) is 23.0. The smallest absolute Gasteiger partial charge is 0.349 e. The maximum absolute atomic E-state index is 12.3. The number of hydrogen-bond acceptors (Lipinski definition) is 4. The topological polar surface area (TPSA) is 84.1 Å². The summed E-state index contributed by atoms with van der Waals surface area (Å²) in [5.74, 6) is -0.688. The highest BCUT2D eigenvalue weighted by Gasteiger charge is 2.16. The molecule has 0 aliphatic rings. The van der Waals surface area contributed by atoms with Gasteiger partial charge in [0.25, 0.3) is 5.91 Å². The van der Waals surface area contributed by atoms with Crippen LogP contribution in [0.15, 0.2) is 35.9 Å². The summed E-state index contributed by atoms with van der Waals surface area (Å²) < 4.78 is 7.23. The van der Waals surface area contributed by atoms with Crippen LogP contribution in [-0.2, 0) is 20.9 Å². The summed E-state index contributed by atoms with van der Waals surface area (Å²) in [7, 11) is 0. The van der Waals surface area contributed by atoms with Gasteiger partial charge in [0.15, 0.2) is 6.61 Å². The number of aryl methyl sites for hydroxylation is 2.